The Morgan fingerprint density at radius 2 is 1.81 bits per heavy atom. The molecule has 0 heterocycles. The van der Waals surface area contributed by atoms with Crippen LogP contribution in [0.5, 0.6) is 0 Å². The van der Waals surface area contributed by atoms with Gasteiger partial charge in [0.2, 0.25) is 0 Å². The quantitative estimate of drug-likeness (QED) is 0.906. The molecule has 2 rings (SSSR count). The van der Waals surface area contributed by atoms with Crippen molar-refractivity contribution in [3.05, 3.63) is 58.9 Å². The normalized spacial score (nSPS) is 11.4. The average Bonchev–Trinajstić information content (AvgIpc) is 2.47. The third-order valence-corrected chi connectivity index (χ3v) is 5.08. The van der Waals surface area contributed by atoms with E-state index >= 15 is 0 Å². The largest absolute Gasteiger partial charge is 0.381 e. The topological polar surface area (TPSA) is 46.2 Å². The van der Waals surface area contributed by atoms with Crippen molar-refractivity contribution < 1.29 is 12.8 Å². The summed E-state index contributed by atoms with van der Waals surface area (Å²) >= 11 is 5.69. The summed E-state index contributed by atoms with van der Waals surface area (Å²) in [5.41, 5.74) is 1.21. The number of sulfone groups is 1. The minimum absolute atomic E-state index is 0.0652. The summed E-state index contributed by atoms with van der Waals surface area (Å²) in [5.74, 6) is -0.310. The first-order chi connectivity index (χ1) is 9.92. The van der Waals surface area contributed by atoms with Crippen molar-refractivity contribution in [1.29, 1.82) is 0 Å². The predicted molar refractivity (Wildman–Crippen MR) is 82.9 cm³/mol. The van der Waals surface area contributed by atoms with Gasteiger partial charge in [-0.3, -0.25) is 0 Å². The van der Waals surface area contributed by atoms with E-state index in [1.807, 2.05) is 0 Å². The molecule has 6 heteroatoms. The molecular weight excluding hydrogens is 313 g/mol. The van der Waals surface area contributed by atoms with E-state index < -0.39 is 9.84 Å². The zero-order chi connectivity index (χ0) is 15.5. The first-order valence-corrected chi connectivity index (χ1v) is 8.46. The highest BCUT2D eigenvalue weighted by Crippen LogP contribution is 2.18. The molecule has 0 atom stereocenters. The van der Waals surface area contributed by atoms with Gasteiger partial charge in [0, 0.05) is 22.8 Å². The Bertz CT molecular complexity index is 730. The fourth-order valence-electron chi connectivity index (χ4n) is 1.81. The molecule has 0 aliphatic rings. The summed E-state index contributed by atoms with van der Waals surface area (Å²) in [7, 11) is -3.20. The van der Waals surface area contributed by atoms with Gasteiger partial charge in [-0.05, 0) is 36.4 Å². The highest BCUT2D eigenvalue weighted by Gasteiger charge is 2.10. The van der Waals surface area contributed by atoms with E-state index in [-0.39, 0.29) is 16.5 Å². The Hall–Kier alpha value is -1.59. The van der Waals surface area contributed by atoms with E-state index in [4.69, 9.17) is 11.6 Å². The summed E-state index contributed by atoms with van der Waals surface area (Å²) in [4.78, 5) is 0.285. The van der Waals surface area contributed by atoms with Gasteiger partial charge in [-0.15, -0.1) is 0 Å². The lowest BCUT2D eigenvalue weighted by molar-refractivity contribution is 0.597. The standard InChI is InChI=1S/C15H15ClFNO2S/c1-2-21(19,20)14-7-5-13(6-8-14)18-10-11-3-4-12(16)9-15(11)17/h3-9,18H,2,10H2,1H3. The van der Waals surface area contributed by atoms with Gasteiger partial charge in [0.05, 0.1) is 10.6 Å². The van der Waals surface area contributed by atoms with E-state index in [0.29, 0.717) is 17.1 Å². The molecule has 0 aromatic heterocycles. The van der Waals surface area contributed by atoms with Crippen LogP contribution in [0.15, 0.2) is 47.4 Å². The first-order valence-electron chi connectivity index (χ1n) is 6.43. The lowest BCUT2D eigenvalue weighted by atomic mass is 10.2. The second-order valence-electron chi connectivity index (χ2n) is 4.52. The fourth-order valence-corrected chi connectivity index (χ4v) is 2.85. The van der Waals surface area contributed by atoms with Crippen molar-refractivity contribution in [3.8, 4) is 0 Å². The Labute approximate surface area is 128 Å². The maximum absolute atomic E-state index is 13.6. The highest BCUT2D eigenvalue weighted by atomic mass is 35.5. The summed E-state index contributed by atoms with van der Waals surface area (Å²) in [5, 5.41) is 3.39. The minimum Gasteiger partial charge on any atom is -0.381 e. The number of benzene rings is 2. The molecule has 2 aromatic carbocycles. The lowest BCUT2D eigenvalue weighted by Crippen LogP contribution is -2.05. The average molecular weight is 328 g/mol. The van der Waals surface area contributed by atoms with Crippen molar-refractivity contribution in [3.63, 3.8) is 0 Å². The molecule has 0 aliphatic carbocycles. The Morgan fingerprint density at radius 3 is 2.38 bits per heavy atom. The summed E-state index contributed by atoms with van der Waals surface area (Å²) in [6.45, 7) is 1.90. The predicted octanol–water partition coefficient (Wildman–Crippen LogP) is 3.88. The maximum Gasteiger partial charge on any atom is 0.178 e. The van der Waals surface area contributed by atoms with Crippen molar-refractivity contribution in [1.82, 2.24) is 0 Å². The lowest BCUT2D eigenvalue weighted by Gasteiger charge is -2.09. The van der Waals surface area contributed by atoms with Gasteiger partial charge in [-0.1, -0.05) is 24.6 Å². The third-order valence-electron chi connectivity index (χ3n) is 3.09. The van der Waals surface area contributed by atoms with Gasteiger partial charge >= 0.3 is 0 Å². The molecule has 21 heavy (non-hydrogen) atoms. The molecule has 0 saturated heterocycles. The summed E-state index contributed by atoms with van der Waals surface area (Å²) in [6, 6.07) is 10.9. The summed E-state index contributed by atoms with van der Waals surface area (Å²) in [6.07, 6.45) is 0. The number of anilines is 1. The zero-order valence-corrected chi connectivity index (χ0v) is 13.0. The van der Waals surface area contributed by atoms with Crippen molar-refractivity contribution in [2.75, 3.05) is 11.1 Å². The molecule has 0 radical (unpaired) electrons. The van der Waals surface area contributed by atoms with Gasteiger partial charge in [-0.2, -0.15) is 0 Å². The SMILES string of the molecule is CCS(=O)(=O)c1ccc(NCc2ccc(Cl)cc2F)cc1. The molecule has 0 fully saturated rings. The van der Waals surface area contributed by atoms with Crippen LogP contribution in [0.4, 0.5) is 10.1 Å². The molecule has 0 bridgehead atoms. The smallest absolute Gasteiger partial charge is 0.178 e. The Balaban J connectivity index is 2.07. The first kappa shape index (κ1) is 15.8. The van der Waals surface area contributed by atoms with Crippen LogP contribution in [0, 0.1) is 5.82 Å². The van der Waals surface area contributed by atoms with Gasteiger partial charge in [0.15, 0.2) is 9.84 Å². The van der Waals surface area contributed by atoms with Crippen LogP contribution in [0.2, 0.25) is 5.02 Å². The van der Waals surface area contributed by atoms with Crippen LogP contribution in [-0.2, 0) is 16.4 Å². The van der Waals surface area contributed by atoms with Gasteiger partial charge in [-0.25, -0.2) is 12.8 Å². The molecule has 0 unspecified atom stereocenters. The number of rotatable bonds is 5. The van der Waals surface area contributed by atoms with Crippen molar-refractivity contribution in [2.24, 2.45) is 0 Å². The molecule has 1 N–H and O–H groups in total. The Kier molecular flexibility index (Phi) is 4.85. The Morgan fingerprint density at radius 1 is 1.14 bits per heavy atom. The second kappa shape index (κ2) is 6.45. The monoisotopic (exact) mass is 327 g/mol. The molecule has 3 nitrogen and oxygen atoms in total. The molecular formula is C15H15ClFNO2S. The van der Waals surface area contributed by atoms with Crippen molar-refractivity contribution in [2.45, 2.75) is 18.4 Å². The molecule has 2 aromatic rings. The molecule has 0 amide bonds. The number of hydrogen-bond acceptors (Lipinski definition) is 3. The van der Waals surface area contributed by atoms with Crippen LogP contribution in [-0.4, -0.2) is 14.2 Å². The van der Waals surface area contributed by atoms with E-state index in [1.54, 1.807) is 43.3 Å². The molecule has 0 aliphatic heterocycles. The number of halogens is 2. The van der Waals surface area contributed by atoms with E-state index in [1.165, 1.54) is 6.07 Å². The van der Waals surface area contributed by atoms with Gasteiger partial charge in [0.25, 0.3) is 0 Å². The minimum atomic E-state index is -3.20. The molecule has 0 saturated carbocycles. The van der Waals surface area contributed by atoms with Crippen molar-refractivity contribution >= 4 is 27.1 Å². The number of hydrogen-bond donors (Lipinski definition) is 1. The van der Waals surface area contributed by atoms with Gasteiger partial charge in [0.1, 0.15) is 5.82 Å². The van der Waals surface area contributed by atoms with E-state index in [0.717, 1.165) is 5.69 Å². The summed E-state index contributed by atoms with van der Waals surface area (Å²) < 4.78 is 37.0. The number of nitrogens with one attached hydrogen (secondary N) is 1. The van der Waals surface area contributed by atoms with Crippen LogP contribution in [0.1, 0.15) is 12.5 Å². The van der Waals surface area contributed by atoms with Crippen LogP contribution < -0.4 is 5.32 Å². The van der Waals surface area contributed by atoms with E-state index in [9.17, 15) is 12.8 Å². The second-order valence-corrected chi connectivity index (χ2v) is 7.23. The third kappa shape index (κ3) is 3.95. The van der Waals surface area contributed by atoms with Gasteiger partial charge < -0.3 is 5.32 Å². The van der Waals surface area contributed by atoms with Crippen LogP contribution in [0.3, 0.4) is 0 Å². The molecule has 112 valence electrons. The molecule has 0 spiro atoms. The maximum atomic E-state index is 13.6. The van der Waals surface area contributed by atoms with Crippen LogP contribution in [0.25, 0.3) is 0 Å². The highest BCUT2D eigenvalue weighted by molar-refractivity contribution is 7.91. The zero-order valence-electron chi connectivity index (χ0n) is 11.4. The van der Waals surface area contributed by atoms with E-state index in [2.05, 4.69) is 5.32 Å². The fraction of sp³-hybridized carbons (Fsp3) is 0.200. The van der Waals surface area contributed by atoms with Crippen LogP contribution >= 0.6 is 11.6 Å².